The SMILES string of the molecule is CCC[Si](OC)(OC)OC.CCON(C)C.CCO[SiH](OCC)OCC. The van der Waals surface area contributed by atoms with Gasteiger partial charge in [0.05, 0.1) is 6.61 Å². The first kappa shape index (κ1) is 30.8. The second-order valence-corrected chi connectivity index (χ2v) is 9.60. The average Bonchev–Trinajstić information content (AvgIpc) is 2.61. The van der Waals surface area contributed by atoms with Crippen LogP contribution in [0, 0.1) is 0 Å². The summed E-state index contributed by atoms with van der Waals surface area (Å²) in [4.78, 5) is 4.88. The van der Waals surface area contributed by atoms with Crippen LogP contribution in [0.5, 0.6) is 0 Å². The van der Waals surface area contributed by atoms with Crippen LogP contribution in [0.25, 0.3) is 0 Å². The van der Waals surface area contributed by atoms with Crippen molar-refractivity contribution in [3.8, 4) is 0 Å². The minimum atomic E-state index is -2.22. The predicted molar refractivity (Wildman–Crippen MR) is 109 cm³/mol. The highest BCUT2D eigenvalue weighted by Crippen LogP contribution is 2.13. The van der Waals surface area contributed by atoms with E-state index in [1.165, 1.54) is 0 Å². The smallest absolute Gasteiger partial charge is 0.377 e. The maximum atomic E-state index is 5.22. The molecule has 0 aromatic carbocycles. The minimum absolute atomic E-state index is 0.677. The van der Waals surface area contributed by atoms with Gasteiger partial charge in [-0.05, 0) is 27.7 Å². The summed E-state index contributed by atoms with van der Waals surface area (Å²) in [6.45, 7) is 12.7. The molecule has 0 saturated heterocycles. The Hall–Kier alpha value is 0.114. The molecular weight excluding hydrogens is 374 g/mol. The highest BCUT2D eigenvalue weighted by Gasteiger charge is 2.36. The van der Waals surface area contributed by atoms with E-state index in [1.807, 2.05) is 41.8 Å². The first-order valence-electron chi connectivity index (χ1n) is 9.17. The summed E-state index contributed by atoms with van der Waals surface area (Å²) >= 11 is 0. The third kappa shape index (κ3) is 20.4. The molecular formula is C16H43NO7Si2. The molecule has 0 bridgehead atoms. The van der Waals surface area contributed by atoms with E-state index in [-0.39, 0.29) is 0 Å². The van der Waals surface area contributed by atoms with E-state index >= 15 is 0 Å². The molecule has 162 valence electrons. The fourth-order valence-corrected chi connectivity index (χ4v) is 4.50. The van der Waals surface area contributed by atoms with E-state index in [9.17, 15) is 0 Å². The van der Waals surface area contributed by atoms with E-state index in [2.05, 4.69) is 6.92 Å². The molecule has 0 aromatic rings. The van der Waals surface area contributed by atoms with E-state index in [1.54, 1.807) is 26.4 Å². The Bertz CT molecular complexity index is 238. The molecule has 0 saturated carbocycles. The van der Waals surface area contributed by atoms with Crippen molar-refractivity contribution in [2.24, 2.45) is 0 Å². The van der Waals surface area contributed by atoms with Gasteiger partial charge in [-0.15, -0.1) is 0 Å². The number of hydrogen-bond acceptors (Lipinski definition) is 8. The van der Waals surface area contributed by atoms with Gasteiger partial charge in [0.25, 0.3) is 0 Å². The van der Waals surface area contributed by atoms with Crippen molar-refractivity contribution >= 4 is 18.3 Å². The largest absolute Gasteiger partial charge is 0.500 e. The second kappa shape index (κ2) is 23.2. The molecule has 0 aliphatic carbocycles. The lowest BCUT2D eigenvalue weighted by molar-refractivity contribution is -0.113. The van der Waals surface area contributed by atoms with Crippen molar-refractivity contribution in [1.82, 2.24) is 5.06 Å². The van der Waals surface area contributed by atoms with Gasteiger partial charge in [0, 0.05) is 61.3 Å². The molecule has 0 radical (unpaired) electrons. The quantitative estimate of drug-likeness (QED) is 0.335. The fourth-order valence-electron chi connectivity index (χ4n) is 1.67. The monoisotopic (exact) mass is 417 g/mol. The van der Waals surface area contributed by atoms with Gasteiger partial charge in [-0.1, -0.05) is 13.3 Å². The Balaban J connectivity index is -0.000000316. The summed E-state index contributed by atoms with van der Waals surface area (Å²) in [6.07, 6.45) is 1.03. The van der Waals surface area contributed by atoms with Gasteiger partial charge >= 0.3 is 18.3 Å². The molecule has 0 heterocycles. The molecule has 0 unspecified atom stereocenters. The van der Waals surface area contributed by atoms with Crippen molar-refractivity contribution < 1.29 is 31.4 Å². The van der Waals surface area contributed by atoms with Crippen LogP contribution in [0.2, 0.25) is 6.04 Å². The first-order chi connectivity index (χ1) is 12.4. The summed E-state index contributed by atoms with van der Waals surface area (Å²) in [5.74, 6) is 0. The van der Waals surface area contributed by atoms with E-state index in [4.69, 9.17) is 31.4 Å². The molecule has 0 amide bonds. The van der Waals surface area contributed by atoms with Crippen molar-refractivity contribution in [1.29, 1.82) is 0 Å². The van der Waals surface area contributed by atoms with E-state index < -0.39 is 18.3 Å². The first-order valence-corrected chi connectivity index (χ1v) is 12.5. The van der Waals surface area contributed by atoms with Crippen molar-refractivity contribution in [2.45, 2.75) is 47.1 Å². The third-order valence-electron chi connectivity index (χ3n) is 2.78. The van der Waals surface area contributed by atoms with Crippen LogP contribution in [0.15, 0.2) is 0 Å². The van der Waals surface area contributed by atoms with Crippen LogP contribution in [-0.4, -0.2) is 85.2 Å². The van der Waals surface area contributed by atoms with Gasteiger partial charge in [0.1, 0.15) is 0 Å². The molecule has 0 aliphatic rings. The molecule has 8 nitrogen and oxygen atoms in total. The number of hydroxylamine groups is 2. The molecule has 0 atom stereocenters. The molecule has 0 aliphatic heterocycles. The lowest BCUT2D eigenvalue weighted by Crippen LogP contribution is -2.42. The van der Waals surface area contributed by atoms with Crippen molar-refractivity contribution in [2.75, 3.05) is 61.9 Å². The molecule has 26 heavy (non-hydrogen) atoms. The fraction of sp³-hybridized carbons (Fsp3) is 1.00. The van der Waals surface area contributed by atoms with E-state index in [0.29, 0.717) is 19.8 Å². The van der Waals surface area contributed by atoms with Crippen LogP contribution >= 0.6 is 0 Å². The highest BCUT2D eigenvalue weighted by atomic mass is 28.4. The summed E-state index contributed by atoms with van der Waals surface area (Å²) in [7, 11) is 4.68. The van der Waals surface area contributed by atoms with Crippen LogP contribution in [0.4, 0.5) is 0 Å². The second-order valence-electron chi connectivity index (χ2n) is 4.93. The zero-order valence-electron chi connectivity index (χ0n) is 18.6. The normalized spacial score (nSPS) is 11.1. The molecule has 0 spiro atoms. The van der Waals surface area contributed by atoms with Gasteiger partial charge in [-0.25, -0.2) is 0 Å². The lowest BCUT2D eigenvalue weighted by atomic mass is 10.6. The minimum Gasteiger partial charge on any atom is -0.377 e. The van der Waals surface area contributed by atoms with Crippen LogP contribution in [0.1, 0.15) is 41.0 Å². The summed E-state index contributed by atoms with van der Waals surface area (Å²) in [5, 5.41) is 1.68. The van der Waals surface area contributed by atoms with Gasteiger partial charge in [-0.3, -0.25) is 4.84 Å². The topological polar surface area (TPSA) is 67.9 Å². The van der Waals surface area contributed by atoms with E-state index in [0.717, 1.165) is 19.1 Å². The van der Waals surface area contributed by atoms with Crippen molar-refractivity contribution in [3.05, 3.63) is 0 Å². The molecule has 10 heteroatoms. The van der Waals surface area contributed by atoms with Gasteiger partial charge in [0.15, 0.2) is 0 Å². The Morgan fingerprint density at radius 3 is 1.19 bits per heavy atom. The maximum absolute atomic E-state index is 5.22. The number of rotatable bonds is 13. The maximum Gasteiger partial charge on any atom is 0.500 e. The number of hydrogen-bond donors (Lipinski definition) is 0. The Kier molecular flexibility index (Phi) is 27.5. The zero-order valence-corrected chi connectivity index (χ0v) is 20.8. The number of nitrogens with zero attached hydrogens (tertiary/aromatic N) is 1. The van der Waals surface area contributed by atoms with Gasteiger partial charge in [0.2, 0.25) is 0 Å². The third-order valence-corrected chi connectivity index (χ3v) is 7.58. The Labute approximate surface area is 164 Å². The molecule has 0 N–H and O–H groups in total. The highest BCUT2D eigenvalue weighted by molar-refractivity contribution is 6.60. The Morgan fingerprint density at radius 2 is 1.08 bits per heavy atom. The van der Waals surface area contributed by atoms with Crippen LogP contribution < -0.4 is 0 Å². The zero-order chi connectivity index (χ0) is 20.8. The Morgan fingerprint density at radius 1 is 0.692 bits per heavy atom. The molecule has 0 aromatic heterocycles. The predicted octanol–water partition coefficient (Wildman–Crippen LogP) is 2.59. The lowest BCUT2D eigenvalue weighted by Gasteiger charge is -2.23. The van der Waals surface area contributed by atoms with Crippen molar-refractivity contribution in [3.63, 3.8) is 0 Å². The average molecular weight is 418 g/mol. The summed E-state index contributed by atoms with van der Waals surface area (Å²) in [6, 6.07) is 0.885. The standard InChI is InChI=1S/2C6H16O3Si.C4H11NO/c1-5-6-10(7-2,8-3)9-4;1-4-7-10(8-5-2)9-6-3;1-4-6-5(2)3/h5-6H2,1-4H3;10H,4-6H2,1-3H3;4H2,1-3H3. The van der Waals surface area contributed by atoms with Crippen LogP contribution in [-0.2, 0) is 31.4 Å². The molecule has 0 rings (SSSR count). The summed E-state index contributed by atoms with van der Waals surface area (Å²) < 4.78 is 31.2. The summed E-state index contributed by atoms with van der Waals surface area (Å²) in [5.41, 5.74) is 0. The molecule has 0 fully saturated rings. The van der Waals surface area contributed by atoms with Gasteiger partial charge in [-0.2, -0.15) is 5.06 Å². The van der Waals surface area contributed by atoms with Gasteiger partial charge < -0.3 is 26.6 Å². The van der Waals surface area contributed by atoms with Crippen LogP contribution in [0.3, 0.4) is 0 Å².